The first-order valence-electron chi connectivity index (χ1n) is 5.09. The van der Waals surface area contributed by atoms with Gasteiger partial charge in [-0.15, -0.1) is 11.3 Å². The van der Waals surface area contributed by atoms with E-state index in [0.29, 0.717) is 5.69 Å². The van der Waals surface area contributed by atoms with Gasteiger partial charge in [0.2, 0.25) is 0 Å². The van der Waals surface area contributed by atoms with Gasteiger partial charge in [-0.2, -0.15) is 10.4 Å². The van der Waals surface area contributed by atoms with Gasteiger partial charge in [0.25, 0.3) is 0 Å². The lowest BCUT2D eigenvalue weighted by Crippen LogP contribution is -1.84. The molecule has 4 nitrogen and oxygen atoms in total. The van der Waals surface area contributed by atoms with Gasteiger partial charge in [0.1, 0.15) is 6.07 Å². The number of rotatable bonds is 1. The molecule has 2 heterocycles. The molecule has 2 aromatic heterocycles. The molecule has 3 aromatic rings. The van der Waals surface area contributed by atoms with Crippen LogP contribution < -0.4 is 0 Å². The SMILES string of the molecule is Cc1[nH]nc(C#N)c1-c1cccc2scnc12. The Hall–Kier alpha value is -2.19. The topological polar surface area (TPSA) is 65.4 Å². The number of thiazole rings is 1. The molecule has 0 unspecified atom stereocenters. The van der Waals surface area contributed by atoms with Crippen LogP contribution in [0.4, 0.5) is 0 Å². The Bertz CT molecular complexity index is 732. The first kappa shape index (κ1) is 10.00. The minimum Gasteiger partial charge on any atom is -0.281 e. The van der Waals surface area contributed by atoms with Crippen molar-refractivity contribution in [1.82, 2.24) is 15.2 Å². The third-order valence-corrected chi connectivity index (χ3v) is 3.48. The lowest BCUT2D eigenvalue weighted by Gasteiger charge is -2.01. The van der Waals surface area contributed by atoms with Crippen molar-refractivity contribution in [2.45, 2.75) is 6.92 Å². The Morgan fingerprint density at radius 3 is 3.12 bits per heavy atom. The molecule has 0 bridgehead atoms. The van der Waals surface area contributed by atoms with Gasteiger partial charge in [0.15, 0.2) is 5.69 Å². The standard InChI is InChI=1S/C12H8N4S/c1-7-11(9(5-13)16-15-7)8-3-2-4-10-12(8)14-6-17-10/h2-4,6H,1H3,(H,15,16). The molecule has 0 aliphatic carbocycles. The van der Waals surface area contributed by atoms with E-state index in [2.05, 4.69) is 21.3 Å². The lowest BCUT2D eigenvalue weighted by atomic mass is 10.0. The van der Waals surface area contributed by atoms with Gasteiger partial charge in [0.05, 0.1) is 15.7 Å². The van der Waals surface area contributed by atoms with Crippen molar-refractivity contribution in [2.75, 3.05) is 0 Å². The van der Waals surface area contributed by atoms with Crippen LogP contribution in [0.2, 0.25) is 0 Å². The van der Waals surface area contributed by atoms with Gasteiger partial charge >= 0.3 is 0 Å². The molecule has 1 aromatic carbocycles. The van der Waals surface area contributed by atoms with Gasteiger partial charge in [0, 0.05) is 16.8 Å². The molecule has 0 aliphatic rings. The van der Waals surface area contributed by atoms with Crippen molar-refractivity contribution in [3.05, 3.63) is 35.1 Å². The maximum absolute atomic E-state index is 9.07. The number of hydrogen-bond acceptors (Lipinski definition) is 4. The van der Waals surface area contributed by atoms with E-state index in [1.165, 1.54) is 0 Å². The number of hydrogen-bond donors (Lipinski definition) is 1. The molecule has 0 spiro atoms. The van der Waals surface area contributed by atoms with Crippen molar-refractivity contribution < 1.29 is 0 Å². The molecule has 0 radical (unpaired) electrons. The summed E-state index contributed by atoms with van der Waals surface area (Å²) in [6, 6.07) is 8.08. The van der Waals surface area contributed by atoms with Gasteiger partial charge in [-0.25, -0.2) is 4.98 Å². The molecule has 0 aliphatic heterocycles. The Labute approximate surface area is 102 Å². The number of aryl methyl sites for hydroxylation is 1. The molecule has 0 saturated carbocycles. The number of nitrogens with one attached hydrogen (secondary N) is 1. The van der Waals surface area contributed by atoms with Crippen LogP contribution in [0.5, 0.6) is 0 Å². The highest BCUT2D eigenvalue weighted by atomic mass is 32.1. The average Bonchev–Trinajstić information content (AvgIpc) is 2.94. The highest BCUT2D eigenvalue weighted by Crippen LogP contribution is 2.32. The largest absolute Gasteiger partial charge is 0.281 e. The number of H-pyrrole nitrogens is 1. The van der Waals surface area contributed by atoms with E-state index in [0.717, 1.165) is 27.0 Å². The summed E-state index contributed by atoms with van der Waals surface area (Å²) in [4.78, 5) is 4.36. The number of nitriles is 1. The summed E-state index contributed by atoms with van der Waals surface area (Å²) in [6.45, 7) is 1.91. The third kappa shape index (κ3) is 1.42. The summed E-state index contributed by atoms with van der Waals surface area (Å²) < 4.78 is 1.12. The predicted octanol–water partition coefficient (Wildman–Crippen LogP) is 2.87. The average molecular weight is 240 g/mol. The quantitative estimate of drug-likeness (QED) is 0.711. The van der Waals surface area contributed by atoms with Crippen molar-refractivity contribution >= 4 is 21.6 Å². The van der Waals surface area contributed by atoms with E-state index >= 15 is 0 Å². The minimum atomic E-state index is 0.419. The normalized spacial score (nSPS) is 10.6. The first-order chi connectivity index (χ1) is 8.31. The van der Waals surface area contributed by atoms with Crippen LogP contribution in [0.1, 0.15) is 11.4 Å². The van der Waals surface area contributed by atoms with Crippen LogP contribution in [-0.2, 0) is 0 Å². The number of fused-ring (bicyclic) bond motifs is 1. The van der Waals surface area contributed by atoms with Gasteiger partial charge in [-0.3, -0.25) is 5.10 Å². The van der Waals surface area contributed by atoms with Gasteiger partial charge in [-0.1, -0.05) is 12.1 Å². The van der Waals surface area contributed by atoms with Crippen LogP contribution in [0, 0.1) is 18.3 Å². The Morgan fingerprint density at radius 1 is 1.41 bits per heavy atom. The summed E-state index contributed by atoms with van der Waals surface area (Å²) in [5.41, 5.74) is 5.87. The van der Waals surface area contributed by atoms with Crippen molar-refractivity contribution in [3.8, 4) is 17.2 Å². The fourth-order valence-corrected chi connectivity index (χ4v) is 2.63. The second-order valence-corrected chi connectivity index (χ2v) is 4.58. The highest BCUT2D eigenvalue weighted by molar-refractivity contribution is 7.16. The zero-order chi connectivity index (χ0) is 11.8. The number of benzene rings is 1. The molecular formula is C12H8N4S. The monoisotopic (exact) mass is 240 g/mol. The van der Waals surface area contributed by atoms with Crippen LogP contribution in [0.15, 0.2) is 23.7 Å². The van der Waals surface area contributed by atoms with E-state index in [9.17, 15) is 0 Å². The van der Waals surface area contributed by atoms with Gasteiger partial charge < -0.3 is 0 Å². The minimum absolute atomic E-state index is 0.419. The fraction of sp³-hybridized carbons (Fsp3) is 0.0833. The van der Waals surface area contributed by atoms with E-state index in [1.807, 2.05) is 30.6 Å². The second-order valence-electron chi connectivity index (χ2n) is 3.69. The zero-order valence-corrected chi connectivity index (χ0v) is 9.88. The van der Waals surface area contributed by atoms with Crippen molar-refractivity contribution in [2.24, 2.45) is 0 Å². The van der Waals surface area contributed by atoms with Crippen molar-refractivity contribution in [1.29, 1.82) is 5.26 Å². The highest BCUT2D eigenvalue weighted by Gasteiger charge is 2.15. The number of para-hydroxylation sites is 1. The van der Waals surface area contributed by atoms with Crippen LogP contribution in [0.3, 0.4) is 0 Å². The molecular weight excluding hydrogens is 232 g/mol. The second kappa shape index (κ2) is 3.68. The molecule has 0 saturated heterocycles. The summed E-state index contributed by atoms with van der Waals surface area (Å²) in [6.07, 6.45) is 0. The molecule has 0 fully saturated rings. The summed E-state index contributed by atoms with van der Waals surface area (Å²) >= 11 is 1.59. The Balaban J connectivity index is 2.38. The summed E-state index contributed by atoms with van der Waals surface area (Å²) in [5, 5.41) is 15.9. The van der Waals surface area contributed by atoms with E-state index in [-0.39, 0.29) is 0 Å². The zero-order valence-electron chi connectivity index (χ0n) is 9.06. The molecule has 0 atom stereocenters. The van der Waals surface area contributed by atoms with E-state index in [1.54, 1.807) is 11.3 Å². The first-order valence-corrected chi connectivity index (χ1v) is 5.97. The Kier molecular flexibility index (Phi) is 2.16. The number of nitrogens with zero attached hydrogens (tertiary/aromatic N) is 3. The molecule has 17 heavy (non-hydrogen) atoms. The number of aromatic amines is 1. The van der Waals surface area contributed by atoms with Crippen molar-refractivity contribution in [3.63, 3.8) is 0 Å². The molecule has 1 N–H and O–H groups in total. The smallest absolute Gasteiger partial charge is 0.170 e. The fourth-order valence-electron chi connectivity index (χ4n) is 1.93. The number of aromatic nitrogens is 3. The molecule has 5 heteroatoms. The Morgan fingerprint density at radius 2 is 2.29 bits per heavy atom. The maximum atomic E-state index is 9.07. The van der Waals surface area contributed by atoms with E-state index < -0.39 is 0 Å². The molecule has 0 amide bonds. The predicted molar refractivity (Wildman–Crippen MR) is 66.7 cm³/mol. The maximum Gasteiger partial charge on any atom is 0.170 e. The van der Waals surface area contributed by atoms with Crippen LogP contribution in [-0.4, -0.2) is 15.2 Å². The molecule has 82 valence electrons. The third-order valence-electron chi connectivity index (χ3n) is 2.68. The summed E-state index contributed by atoms with van der Waals surface area (Å²) in [7, 11) is 0. The van der Waals surface area contributed by atoms with Gasteiger partial charge in [-0.05, 0) is 13.0 Å². The molecule has 3 rings (SSSR count). The van der Waals surface area contributed by atoms with Crippen LogP contribution in [0.25, 0.3) is 21.3 Å². The lowest BCUT2D eigenvalue weighted by molar-refractivity contribution is 1.03. The van der Waals surface area contributed by atoms with E-state index in [4.69, 9.17) is 5.26 Å². The van der Waals surface area contributed by atoms with Crippen LogP contribution >= 0.6 is 11.3 Å². The summed E-state index contributed by atoms with van der Waals surface area (Å²) in [5.74, 6) is 0.